The van der Waals surface area contributed by atoms with Gasteiger partial charge in [-0.25, -0.2) is 9.18 Å². The van der Waals surface area contributed by atoms with E-state index in [9.17, 15) is 18.8 Å². The molecular formula is C29H23FO7. The highest BCUT2D eigenvalue weighted by molar-refractivity contribution is 6.07. The number of hydrogen-bond acceptors (Lipinski definition) is 7. The van der Waals surface area contributed by atoms with E-state index in [1.165, 1.54) is 24.3 Å². The third kappa shape index (κ3) is 6.70. The fourth-order valence-electron chi connectivity index (χ4n) is 3.45. The molecular weight excluding hydrogens is 479 g/mol. The molecule has 0 aliphatic rings. The zero-order valence-corrected chi connectivity index (χ0v) is 19.9. The molecule has 8 heteroatoms. The number of benzene rings is 2. The average molecular weight is 502 g/mol. The molecule has 0 amide bonds. The molecule has 0 atom stereocenters. The third-order valence-corrected chi connectivity index (χ3v) is 5.20. The summed E-state index contributed by atoms with van der Waals surface area (Å²) < 4.78 is 35.1. The van der Waals surface area contributed by atoms with Gasteiger partial charge in [0.2, 0.25) is 16.9 Å². The van der Waals surface area contributed by atoms with Crippen LogP contribution in [0.3, 0.4) is 0 Å². The van der Waals surface area contributed by atoms with Crippen LogP contribution < -0.4 is 10.2 Å². The predicted molar refractivity (Wildman–Crippen MR) is 133 cm³/mol. The summed E-state index contributed by atoms with van der Waals surface area (Å²) in [5, 5.41) is 0. The van der Waals surface area contributed by atoms with Crippen LogP contribution in [0.4, 0.5) is 4.39 Å². The summed E-state index contributed by atoms with van der Waals surface area (Å²) in [5.74, 6) is -1.98. The van der Waals surface area contributed by atoms with Crippen molar-refractivity contribution in [1.29, 1.82) is 0 Å². The van der Waals surface area contributed by atoms with E-state index in [1.807, 2.05) is 30.3 Å². The number of esters is 1. The van der Waals surface area contributed by atoms with Gasteiger partial charge in [-0.15, -0.1) is 0 Å². The molecule has 2 heterocycles. The Morgan fingerprint density at radius 2 is 1.70 bits per heavy atom. The van der Waals surface area contributed by atoms with Crippen LogP contribution in [0, 0.1) is 5.82 Å². The molecule has 0 saturated heterocycles. The molecule has 4 rings (SSSR count). The van der Waals surface area contributed by atoms with E-state index in [0.29, 0.717) is 12.2 Å². The van der Waals surface area contributed by atoms with E-state index in [0.717, 1.165) is 23.3 Å². The van der Waals surface area contributed by atoms with Crippen LogP contribution in [-0.2, 0) is 22.6 Å². The number of hydrogen-bond donors (Lipinski definition) is 0. The van der Waals surface area contributed by atoms with Gasteiger partial charge in [0.25, 0.3) is 5.78 Å². The van der Waals surface area contributed by atoms with Gasteiger partial charge in [0.05, 0.1) is 6.61 Å². The van der Waals surface area contributed by atoms with Crippen LogP contribution >= 0.6 is 0 Å². The molecule has 0 aliphatic heterocycles. The molecule has 0 spiro atoms. The van der Waals surface area contributed by atoms with Gasteiger partial charge in [0.1, 0.15) is 23.9 Å². The number of halogens is 1. The molecule has 0 saturated carbocycles. The number of furan rings is 1. The third-order valence-electron chi connectivity index (χ3n) is 5.20. The summed E-state index contributed by atoms with van der Waals surface area (Å²) in [5.41, 5.74) is 0.970. The summed E-state index contributed by atoms with van der Waals surface area (Å²) in [6.45, 7) is 1.87. The molecule has 188 valence electrons. The molecule has 37 heavy (non-hydrogen) atoms. The summed E-state index contributed by atoms with van der Waals surface area (Å²) in [6, 6.07) is 19.2. The second kappa shape index (κ2) is 11.8. The highest BCUT2D eigenvalue weighted by Crippen LogP contribution is 2.24. The van der Waals surface area contributed by atoms with Gasteiger partial charge in [-0.1, -0.05) is 42.5 Å². The van der Waals surface area contributed by atoms with Gasteiger partial charge in [-0.05, 0) is 48.4 Å². The van der Waals surface area contributed by atoms with E-state index in [2.05, 4.69) is 0 Å². The van der Waals surface area contributed by atoms with Gasteiger partial charge in [-0.3, -0.25) is 9.59 Å². The summed E-state index contributed by atoms with van der Waals surface area (Å²) >= 11 is 0. The van der Waals surface area contributed by atoms with Gasteiger partial charge in [0, 0.05) is 18.6 Å². The smallest absolute Gasteiger partial charge is 0.330 e. The lowest BCUT2D eigenvalue weighted by atomic mass is 10.1. The Balaban J connectivity index is 1.64. The molecule has 2 aromatic heterocycles. The largest absolute Gasteiger partial charge is 0.481 e. The molecule has 2 aromatic carbocycles. The first kappa shape index (κ1) is 25.4. The Hall–Kier alpha value is -4.72. The van der Waals surface area contributed by atoms with Crippen molar-refractivity contribution in [3.05, 3.63) is 129 Å². The Morgan fingerprint density at radius 3 is 2.43 bits per heavy atom. The standard InChI is InChI=1S/C29H23FO7/c1-2-34-26(32)15-13-23-17-24(31)28(35-18-20-6-4-3-5-7-20)29(37-23)27(33)25-14-12-22(36-25)16-19-8-10-21(30)11-9-19/h3-15,17H,2,16,18H2,1H3/b15-13+. The monoisotopic (exact) mass is 502 g/mol. The molecule has 0 aliphatic carbocycles. The van der Waals surface area contributed by atoms with Gasteiger partial charge in [-0.2, -0.15) is 0 Å². The summed E-state index contributed by atoms with van der Waals surface area (Å²) in [7, 11) is 0. The Kier molecular flexibility index (Phi) is 8.10. The lowest BCUT2D eigenvalue weighted by Crippen LogP contribution is -2.14. The molecule has 0 unspecified atom stereocenters. The normalized spacial score (nSPS) is 11.0. The lowest BCUT2D eigenvalue weighted by Gasteiger charge is -2.10. The van der Waals surface area contributed by atoms with Crippen LogP contribution in [0.2, 0.25) is 0 Å². The molecule has 0 radical (unpaired) electrons. The van der Waals surface area contributed by atoms with Crippen molar-refractivity contribution < 1.29 is 32.3 Å². The fourth-order valence-corrected chi connectivity index (χ4v) is 3.45. The Bertz CT molecular complexity index is 1460. The minimum atomic E-state index is -0.711. The predicted octanol–water partition coefficient (Wildman–Crippen LogP) is 5.35. The fraction of sp³-hybridized carbons (Fsp3) is 0.138. The molecule has 4 aromatic rings. The maximum absolute atomic E-state index is 13.4. The van der Waals surface area contributed by atoms with Crippen LogP contribution in [0.25, 0.3) is 6.08 Å². The Morgan fingerprint density at radius 1 is 0.946 bits per heavy atom. The first-order chi connectivity index (χ1) is 17.9. The van der Waals surface area contributed by atoms with Gasteiger partial charge < -0.3 is 18.3 Å². The number of carbonyl (C=O) groups is 2. The van der Waals surface area contributed by atoms with E-state index in [-0.39, 0.29) is 42.1 Å². The minimum absolute atomic E-state index is 0.0257. The second-order valence-electron chi connectivity index (χ2n) is 7.93. The quantitative estimate of drug-likeness (QED) is 0.164. The molecule has 0 fully saturated rings. The lowest BCUT2D eigenvalue weighted by molar-refractivity contribution is -0.137. The van der Waals surface area contributed by atoms with E-state index in [1.54, 1.807) is 25.1 Å². The first-order valence-corrected chi connectivity index (χ1v) is 11.5. The van der Waals surface area contributed by atoms with Crippen molar-refractivity contribution in [2.45, 2.75) is 20.0 Å². The van der Waals surface area contributed by atoms with Crippen LogP contribution in [0.15, 0.2) is 92.5 Å². The SMILES string of the molecule is CCOC(=O)/C=C/c1cc(=O)c(OCc2ccccc2)c(C(=O)c2ccc(Cc3ccc(F)cc3)o2)o1. The van der Waals surface area contributed by atoms with Crippen molar-refractivity contribution in [2.75, 3.05) is 6.61 Å². The number of rotatable bonds is 10. The summed E-state index contributed by atoms with van der Waals surface area (Å²) in [6.07, 6.45) is 2.66. The average Bonchev–Trinajstić information content (AvgIpc) is 3.37. The second-order valence-corrected chi connectivity index (χ2v) is 7.93. The van der Waals surface area contributed by atoms with Gasteiger partial charge >= 0.3 is 5.97 Å². The van der Waals surface area contributed by atoms with Crippen molar-refractivity contribution in [3.63, 3.8) is 0 Å². The van der Waals surface area contributed by atoms with E-state index < -0.39 is 17.2 Å². The number of ketones is 1. The zero-order chi connectivity index (χ0) is 26.2. The highest BCUT2D eigenvalue weighted by atomic mass is 19.1. The first-order valence-electron chi connectivity index (χ1n) is 11.5. The zero-order valence-electron chi connectivity index (χ0n) is 19.9. The highest BCUT2D eigenvalue weighted by Gasteiger charge is 2.25. The maximum atomic E-state index is 13.4. The van der Waals surface area contributed by atoms with Crippen molar-refractivity contribution in [2.24, 2.45) is 0 Å². The van der Waals surface area contributed by atoms with Crippen molar-refractivity contribution in [3.8, 4) is 5.75 Å². The van der Waals surface area contributed by atoms with Gasteiger partial charge in [0.15, 0.2) is 5.76 Å². The minimum Gasteiger partial charge on any atom is -0.481 e. The Labute approximate surface area is 211 Å². The molecule has 0 N–H and O–H groups in total. The molecule has 0 bridgehead atoms. The van der Waals surface area contributed by atoms with Crippen molar-refractivity contribution in [1.82, 2.24) is 0 Å². The summed E-state index contributed by atoms with van der Waals surface area (Å²) in [4.78, 5) is 38.0. The van der Waals surface area contributed by atoms with Crippen LogP contribution in [0.5, 0.6) is 5.75 Å². The van der Waals surface area contributed by atoms with E-state index in [4.69, 9.17) is 18.3 Å². The number of ether oxygens (including phenoxy) is 2. The maximum Gasteiger partial charge on any atom is 0.330 e. The van der Waals surface area contributed by atoms with E-state index >= 15 is 0 Å². The molecule has 7 nitrogen and oxygen atoms in total. The van der Waals surface area contributed by atoms with Crippen molar-refractivity contribution >= 4 is 17.8 Å². The number of carbonyl (C=O) groups excluding carboxylic acids is 2. The topological polar surface area (TPSA) is 96.0 Å². The van der Waals surface area contributed by atoms with Crippen LogP contribution in [-0.4, -0.2) is 18.4 Å². The van der Waals surface area contributed by atoms with Crippen LogP contribution in [0.1, 0.15) is 45.9 Å².